The highest BCUT2D eigenvalue weighted by Gasteiger charge is 2.27. The van der Waals surface area contributed by atoms with E-state index in [9.17, 15) is 13.2 Å². The molecule has 0 aromatic heterocycles. The molecule has 0 fully saturated rings. The number of amidine groups is 1. The van der Waals surface area contributed by atoms with Crippen LogP contribution in [0.5, 0.6) is 0 Å². The summed E-state index contributed by atoms with van der Waals surface area (Å²) < 4.78 is 35.7. The monoisotopic (exact) mass is 203 g/mol. The summed E-state index contributed by atoms with van der Waals surface area (Å²) in [5.74, 6) is 4.53. The van der Waals surface area contributed by atoms with Crippen molar-refractivity contribution in [2.75, 3.05) is 0 Å². The largest absolute Gasteiger partial charge is 0.505 e. The molecule has 0 aliphatic rings. The number of rotatable bonds is 1. The first-order chi connectivity index (χ1) is 6.53. The third kappa shape index (κ3) is 3.06. The molecule has 0 unspecified atom stereocenters. The van der Waals surface area contributed by atoms with Crippen LogP contribution in [0.2, 0.25) is 0 Å². The van der Waals surface area contributed by atoms with Gasteiger partial charge in [-0.3, -0.25) is 0 Å². The number of nitrogens with zero attached hydrogens (tertiary/aromatic N) is 1. The molecule has 0 saturated carbocycles. The summed E-state index contributed by atoms with van der Waals surface area (Å²) in [5.41, 5.74) is 2.19. The maximum atomic E-state index is 11.9. The Balaban J connectivity index is 3.00. The van der Waals surface area contributed by atoms with Crippen LogP contribution in [0, 0.1) is 0 Å². The number of halogens is 3. The third-order valence-corrected chi connectivity index (χ3v) is 1.42. The Morgan fingerprint density at radius 1 is 1.21 bits per heavy atom. The lowest BCUT2D eigenvalue weighted by molar-refractivity contribution is -0.119. The van der Waals surface area contributed by atoms with Crippen molar-refractivity contribution in [2.45, 2.75) is 6.30 Å². The van der Waals surface area contributed by atoms with Crippen LogP contribution in [0.25, 0.3) is 0 Å². The maximum absolute atomic E-state index is 11.9. The van der Waals surface area contributed by atoms with Gasteiger partial charge in [0, 0.05) is 5.56 Å². The molecule has 3 N–H and O–H groups in total. The minimum atomic E-state index is -4.63. The van der Waals surface area contributed by atoms with Gasteiger partial charge in [-0.2, -0.15) is 4.99 Å². The van der Waals surface area contributed by atoms with Gasteiger partial charge in [0.2, 0.25) is 0 Å². The SMILES string of the molecule is NNC(=NC(F)(F)F)c1ccccc1. The number of aliphatic imine (C=N–C) groups is 1. The van der Waals surface area contributed by atoms with Gasteiger partial charge in [-0.25, -0.2) is 5.84 Å². The fourth-order valence-electron chi connectivity index (χ4n) is 0.903. The molecule has 0 spiro atoms. The molecule has 0 heterocycles. The number of nitrogens with two attached hydrogens (primary N) is 1. The number of hydrazine groups is 1. The lowest BCUT2D eigenvalue weighted by Gasteiger charge is -2.06. The summed E-state index contributed by atoms with van der Waals surface area (Å²) in [4.78, 5) is 2.48. The van der Waals surface area contributed by atoms with E-state index < -0.39 is 12.1 Å². The highest BCUT2D eigenvalue weighted by atomic mass is 19.4. The van der Waals surface area contributed by atoms with E-state index in [0.29, 0.717) is 0 Å². The maximum Gasteiger partial charge on any atom is 0.505 e. The average molecular weight is 203 g/mol. The first-order valence-electron chi connectivity index (χ1n) is 3.71. The molecule has 0 aliphatic carbocycles. The minimum absolute atomic E-state index is 0.285. The molecule has 0 saturated heterocycles. The van der Waals surface area contributed by atoms with Gasteiger partial charge in [0.15, 0.2) is 5.84 Å². The molecule has 1 aromatic carbocycles. The van der Waals surface area contributed by atoms with Gasteiger partial charge in [-0.1, -0.05) is 30.3 Å². The van der Waals surface area contributed by atoms with Gasteiger partial charge in [0.1, 0.15) is 0 Å². The predicted octanol–water partition coefficient (Wildman–Crippen LogP) is 1.42. The second-order valence-corrected chi connectivity index (χ2v) is 2.44. The molecule has 0 bridgehead atoms. The first kappa shape index (κ1) is 10.5. The number of nitrogens with one attached hydrogen (secondary N) is 1. The van der Waals surface area contributed by atoms with Crippen molar-refractivity contribution in [3.8, 4) is 0 Å². The molecular weight excluding hydrogens is 195 g/mol. The second-order valence-electron chi connectivity index (χ2n) is 2.44. The van der Waals surface area contributed by atoms with Crippen LogP contribution in [0.3, 0.4) is 0 Å². The fourth-order valence-corrected chi connectivity index (χ4v) is 0.903. The van der Waals surface area contributed by atoms with E-state index in [1.807, 2.05) is 5.43 Å². The van der Waals surface area contributed by atoms with Crippen LogP contribution in [0.4, 0.5) is 13.2 Å². The van der Waals surface area contributed by atoms with E-state index in [0.717, 1.165) is 0 Å². The standard InChI is InChI=1S/C8H8F3N3/c9-8(10,11)13-7(14-12)6-4-2-1-3-5-6/h1-5H,12H2,(H,13,14). The molecule has 0 radical (unpaired) electrons. The predicted molar refractivity (Wildman–Crippen MR) is 46.4 cm³/mol. The third-order valence-electron chi connectivity index (χ3n) is 1.42. The van der Waals surface area contributed by atoms with E-state index in [2.05, 4.69) is 4.99 Å². The van der Waals surface area contributed by atoms with Crippen molar-refractivity contribution in [1.29, 1.82) is 0 Å². The molecule has 0 amide bonds. The summed E-state index contributed by atoms with van der Waals surface area (Å²) in [6.07, 6.45) is -4.63. The highest BCUT2D eigenvalue weighted by molar-refractivity contribution is 5.98. The molecule has 6 heteroatoms. The summed E-state index contributed by atoms with van der Waals surface area (Å²) in [5, 5.41) is 0. The smallest absolute Gasteiger partial charge is 0.308 e. The van der Waals surface area contributed by atoms with Gasteiger partial charge >= 0.3 is 6.30 Å². The quantitative estimate of drug-likeness (QED) is 0.238. The molecule has 3 nitrogen and oxygen atoms in total. The van der Waals surface area contributed by atoms with E-state index >= 15 is 0 Å². The van der Waals surface area contributed by atoms with Crippen LogP contribution >= 0.6 is 0 Å². The van der Waals surface area contributed by atoms with Crippen LogP contribution in [0.1, 0.15) is 5.56 Å². The summed E-state index contributed by atoms with van der Waals surface area (Å²) in [6.45, 7) is 0. The molecular formula is C8H8F3N3. The zero-order valence-corrected chi connectivity index (χ0v) is 7.05. The number of hydrogen-bond donors (Lipinski definition) is 2. The zero-order chi connectivity index (χ0) is 10.6. The van der Waals surface area contributed by atoms with Crippen LogP contribution in [0.15, 0.2) is 35.3 Å². The van der Waals surface area contributed by atoms with E-state index in [1.165, 1.54) is 12.1 Å². The van der Waals surface area contributed by atoms with Gasteiger partial charge in [-0.05, 0) is 0 Å². The topological polar surface area (TPSA) is 50.4 Å². The first-order valence-corrected chi connectivity index (χ1v) is 3.71. The number of alkyl halides is 3. The van der Waals surface area contributed by atoms with Gasteiger partial charge < -0.3 is 5.43 Å². The molecule has 0 atom stereocenters. The lowest BCUT2D eigenvalue weighted by atomic mass is 10.2. The van der Waals surface area contributed by atoms with Crippen LogP contribution in [-0.4, -0.2) is 12.1 Å². The normalized spacial score (nSPS) is 12.7. The molecule has 14 heavy (non-hydrogen) atoms. The van der Waals surface area contributed by atoms with E-state index in [1.54, 1.807) is 18.2 Å². The van der Waals surface area contributed by atoms with Crippen LogP contribution < -0.4 is 11.3 Å². The van der Waals surface area contributed by atoms with Gasteiger partial charge in [0.05, 0.1) is 0 Å². The van der Waals surface area contributed by atoms with E-state index in [4.69, 9.17) is 5.84 Å². The minimum Gasteiger partial charge on any atom is -0.308 e. The Morgan fingerprint density at radius 2 is 1.79 bits per heavy atom. The van der Waals surface area contributed by atoms with Crippen molar-refractivity contribution in [3.63, 3.8) is 0 Å². The Morgan fingerprint density at radius 3 is 2.21 bits per heavy atom. The van der Waals surface area contributed by atoms with Crippen molar-refractivity contribution >= 4 is 5.84 Å². The highest BCUT2D eigenvalue weighted by Crippen LogP contribution is 2.17. The Bertz CT molecular complexity index is 318. The Labute approximate surface area is 78.4 Å². The number of benzene rings is 1. The molecule has 0 aliphatic heterocycles. The summed E-state index contributed by atoms with van der Waals surface area (Å²) in [7, 11) is 0. The van der Waals surface area contributed by atoms with Crippen LogP contribution in [-0.2, 0) is 0 Å². The summed E-state index contributed by atoms with van der Waals surface area (Å²) >= 11 is 0. The Hall–Kier alpha value is -1.56. The van der Waals surface area contributed by atoms with E-state index in [-0.39, 0.29) is 5.56 Å². The van der Waals surface area contributed by atoms with Crippen molar-refractivity contribution < 1.29 is 13.2 Å². The van der Waals surface area contributed by atoms with Gasteiger partial charge in [0.25, 0.3) is 0 Å². The van der Waals surface area contributed by atoms with Crippen molar-refractivity contribution in [2.24, 2.45) is 10.8 Å². The Kier molecular flexibility index (Phi) is 3.08. The average Bonchev–Trinajstić information content (AvgIpc) is 2.14. The zero-order valence-electron chi connectivity index (χ0n) is 7.05. The number of hydrogen-bond acceptors (Lipinski definition) is 2. The summed E-state index contributed by atoms with van der Waals surface area (Å²) in [6, 6.07) is 7.83. The second kappa shape index (κ2) is 4.10. The van der Waals surface area contributed by atoms with Crippen molar-refractivity contribution in [1.82, 2.24) is 5.43 Å². The molecule has 1 rings (SSSR count). The lowest BCUT2D eigenvalue weighted by Crippen LogP contribution is -2.32. The van der Waals surface area contributed by atoms with Gasteiger partial charge in [-0.15, -0.1) is 13.2 Å². The molecule has 1 aromatic rings. The van der Waals surface area contributed by atoms with Crippen molar-refractivity contribution in [3.05, 3.63) is 35.9 Å². The molecule has 76 valence electrons. The fraction of sp³-hybridized carbons (Fsp3) is 0.125.